The number of ether oxygens (including phenoxy) is 1. The average Bonchev–Trinajstić information content (AvgIpc) is 2.75. The quantitative estimate of drug-likeness (QED) is 0.788. The van der Waals surface area contributed by atoms with Crippen LogP contribution in [0.5, 0.6) is 5.75 Å². The zero-order valence-electron chi connectivity index (χ0n) is 10.3. The monoisotopic (exact) mass is 317 g/mol. The largest absolute Gasteiger partial charge is 0.496 e. The molecule has 2 N–H and O–H groups in total. The molecule has 3 rings (SSSR count). The Labute approximate surface area is 119 Å². The Balaban J connectivity index is 2.31. The van der Waals surface area contributed by atoms with Crippen molar-refractivity contribution in [2.24, 2.45) is 0 Å². The molecule has 0 amide bonds. The smallest absolute Gasteiger partial charge is 0.149 e. The number of para-hydroxylation sites is 1. The van der Waals surface area contributed by atoms with Crippen molar-refractivity contribution >= 4 is 27.1 Å². The van der Waals surface area contributed by atoms with Crippen molar-refractivity contribution in [1.29, 1.82) is 0 Å². The van der Waals surface area contributed by atoms with Gasteiger partial charge in [0.15, 0.2) is 0 Å². The number of hydrogen-bond acceptors (Lipinski definition) is 3. The average molecular weight is 318 g/mol. The van der Waals surface area contributed by atoms with E-state index in [1.54, 1.807) is 7.11 Å². The van der Waals surface area contributed by atoms with Crippen molar-refractivity contribution in [3.63, 3.8) is 0 Å². The van der Waals surface area contributed by atoms with Gasteiger partial charge in [0.1, 0.15) is 16.2 Å². The molecule has 2 heterocycles. The Hall–Kier alpha value is -2.01. The number of pyridine rings is 1. The van der Waals surface area contributed by atoms with Gasteiger partial charge >= 0.3 is 0 Å². The summed E-state index contributed by atoms with van der Waals surface area (Å²) in [6.45, 7) is 0. The van der Waals surface area contributed by atoms with Crippen molar-refractivity contribution in [1.82, 2.24) is 9.38 Å². The van der Waals surface area contributed by atoms with Crippen LogP contribution in [0.2, 0.25) is 0 Å². The number of anilines is 1. The predicted octanol–water partition coefficient (Wildman–Crippen LogP) is 3.35. The van der Waals surface area contributed by atoms with Gasteiger partial charge < -0.3 is 10.5 Å². The second kappa shape index (κ2) is 4.59. The maximum atomic E-state index is 5.81. The summed E-state index contributed by atoms with van der Waals surface area (Å²) in [6.07, 6.45) is 1.91. The molecule has 0 unspecified atom stereocenters. The van der Waals surface area contributed by atoms with E-state index in [-0.39, 0.29) is 0 Å². The summed E-state index contributed by atoms with van der Waals surface area (Å²) in [5.74, 6) is 1.61. The topological polar surface area (TPSA) is 52.5 Å². The zero-order valence-corrected chi connectivity index (χ0v) is 11.9. The number of aromatic nitrogens is 2. The normalized spacial score (nSPS) is 10.8. The third-order valence-electron chi connectivity index (χ3n) is 2.97. The van der Waals surface area contributed by atoms with Crippen LogP contribution < -0.4 is 10.5 Å². The molecule has 0 aliphatic rings. The van der Waals surface area contributed by atoms with Gasteiger partial charge in [-0.25, -0.2) is 4.98 Å². The summed E-state index contributed by atoms with van der Waals surface area (Å²) in [7, 11) is 1.65. The summed E-state index contributed by atoms with van der Waals surface area (Å²) in [6, 6.07) is 11.5. The van der Waals surface area contributed by atoms with Gasteiger partial charge in [0, 0.05) is 11.9 Å². The third kappa shape index (κ3) is 1.96. The van der Waals surface area contributed by atoms with Gasteiger partial charge in [-0.2, -0.15) is 0 Å². The number of methoxy groups -OCH3 is 1. The number of fused-ring (bicyclic) bond motifs is 1. The molecule has 0 atom stereocenters. The Morgan fingerprint density at radius 1 is 1.26 bits per heavy atom. The highest BCUT2D eigenvalue weighted by molar-refractivity contribution is 9.10. The van der Waals surface area contributed by atoms with E-state index in [1.165, 1.54) is 0 Å². The van der Waals surface area contributed by atoms with Gasteiger partial charge in [0.2, 0.25) is 0 Å². The van der Waals surface area contributed by atoms with Gasteiger partial charge in [0.05, 0.1) is 18.2 Å². The molecule has 19 heavy (non-hydrogen) atoms. The number of nitrogen functional groups attached to an aromatic ring is 1. The summed E-state index contributed by atoms with van der Waals surface area (Å²) >= 11 is 3.47. The van der Waals surface area contributed by atoms with E-state index in [4.69, 9.17) is 10.5 Å². The van der Waals surface area contributed by atoms with Crippen molar-refractivity contribution in [2.45, 2.75) is 0 Å². The highest BCUT2D eigenvalue weighted by atomic mass is 79.9. The second-order valence-corrected chi connectivity index (χ2v) is 4.89. The molecule has 0 aliphatic carbocycles. The molecule has 1 aromatic carbocycles. The first-order valence-electron chi connectivity index (χ1n) is 5.77. The molecule has 2 aromatic heterocycles. The molecule has 0 aliphatic heterocycles. The van der Waals surface area contributed by atoms with E-state index in [0.29, 0.717) is 5.69 Å². The van der Waals surface area contributed by atoms with Crippen molar-refractivity contribution in [3.8, 4) is 17.1 Å². The molecule has 0 spiro atoms. The minimum Gasteiger partial charge on any atom is -0.496 e. The SMILES string of the molecule is COc1ccccc1-c1nc(Br)c2cc(N)ccn12. The number of halogens is 1. The van der Waals surface area contributed by atoms with Crippen LogP contribution in [-0.4, -0.2) is 16.5 Å². The molecule has 0 bridgehead atoms. The van der Waals surface area contributed by atoms with Gasteiger partial charge in [-0.3, -0.25) is 4.40 Å². The lowest BCUT2D eigenvalue weighted by Crippen LogP contribution is -1.94. The van der Waals surface area contributed by atoms with Gasteiger partial charge in [-0.1, -0.05) is 12.1 Å². The summed E-state index contributed by atoms with van der Waals surface area (Å²) in [4.78, 5) is 4.55. The van der Waals surface area contributed by atoms with E-state index in [1.807, 2.05) is 47.0 Å². The maximum absolute atomic E-state index is 5.81. The molecule has 96 valence electrons. The Bertz CT molecular complexity index is 752. The van der Waals surface area contributed by atoms with Crippen molar-refractivity contribution in [2.75, 3.05) is 12.8 Å². The molecular weight excluding hydrogens is 306 g/mol. The first-order valence-corrected chi connectivity index (χ1v) is 6.56. The Morgan fingerprint density at radius 2 is 2.05 bits per heavy atom. The van der Waals surface area contributed by atoms with Crippen LogP contribution in [0, 0.1) is 0 Å². The third-order valence-corrected chi connectivity index (χ3v) is 3.55. The van der Waals surface area contributed by atoms with Crippen molar-refractivity contribution in [3.05, 3.63) is 47.2 Å². The highest BCUT2D eigenvalue weighted by Gasteiger charge is 2.14. The Kier molecular flexibility index (Phi) is 2.91. The lowest BCUT2D eigenvalue weighted by molar-refractivity contribution is 0.416. The fourth-order valence-corrected chi connectivity index (χ4v) is 2.56. The molecule has 0 saturated heterocycles. The first-order chi connectivity index (χ1) is 9.20. The van der Waals surface area contributed by atoms with Crippen LogP contribution in [0.4, 0.5) is 5.69 Å². The van der Waals surface area contributed by atoms with Crippen LogP contribution >= 0.6 is 15.9 Å². The van der Waals surface area contributed by atoms with E-state index >= 15 is 0 Å². The molecule has 0 radical (unpaired) electrons. The molecule has 0 saturated carbocycles. The van der Waals surface area contributed by atoms with Crippen LogP contribution in [0.25, 0.3) is 16.9 Å². The highest BCUT2D eigenvalue weighted by Crippen LogP contribution is 2.32. The van der Waals surface area contributed by atoms with Crippen molar-refractivity contribution < 1.29 is 4.74 Å². The van der Waals surface area contributed by atoms with E-state index in [0.717, 1.165) is 27.3 Å². The van der Waals surface area contributed by atoms with E-state index < -0.39 is 0 Å². The van der Waals surface area contributed by atoms with Crippen LogP contribution in [-0.2, 0) is 0 Å². The van der Waals surface area contributed by atoms with Gasteiger partial charge in [-0.15, -0.1) is 0 Å². The van der Waals surface area contributed by atoms with Crippen LogP contribution in [0.1, 0.15) is 0 Å². The minimum atomic E-state index is 0.708. The molecule has 0 fully saturated rings. The molecule has 4 nitrogen and oxygen atoms in total. The summed E-state index contributed by atoms with van der Waals surface area (Å²) < 4.78 is 8.14. The molecule has 5 heteroatoms. The summed E-state index contributed by atoms with van der Waals surface area (Å²) in [5, 5.41) is 0. The molecule has 3 aromatic rings. The minimum absolute atomic E-state index is 0.708. The van der Waals surface area contributed by atoms with E-state index in [9.17, 15) is 0 Å². The fourth-order valence-electron chi connectivity index (χ4n) is 2.08. The predicted molar refractivity (Wildman–Crippen MR) is 79.3 cm³/mol. The second-order valence-electron chi connectivity index (χ2n) is 4.14. The maximum Gasteiger partial charge on any atom is 0.149 e. The summed E-state index contributed by atoms with van der Waals surface area (Å²) in [5.41, 5.74) is 8.39. The first kappa shape index (κ1) is 12.0. The number of rotatable bonds is 2. The standard InChI is InChI=1S/C14H12BrN3O/c1-19-12-5-3-2-4-10(12)14-17-13(15)11-8-9(16)6-7-18(11)14/h2-8H,16H2,1H3. The van der Waals surface area contributed by atoms with Crippen LogP contribution in [0.15, 0.2) is 47.2 Å². The number of nitrogens with zero attached hydrogens (tertiary/aromatic N) is 2. The number of nitrogens with two attached hydrogens (primary N) is 1. The fraction of sp³-hybridized carbons (Fsp3) is 0.0714. The number of benzene rings is 1. The van der Waals surface area contributed by atoms with E-state index in [2.05, 4.69) is 20.9 Å². The lowest BCUT2D eigenvalue weighted by atomic mass is 10.2. The Morgan fingerprint density at radius 3 is 2.84 bits per heavy atom. The number of hydrogen-bond donors (Lipinski definition) is 1. The lowest BCUT2D eigenvalue weighted by Gasteiger charge is -2.07. The van der Waals surface area contributed by atoms with Gasteiger partial charge in [-0.05, 0) is 40.2 Å². The molecular formula is C14H12BrN3O. The number of imidazole rings is 1. The van der Waals surface area contributed by atoms with Gasteiger partial charge in [0.25, 0.3) is 0 Å². The zero-order chi connectivity index (χ0) is 13.4. The van der Waals surface area contributed by atoms with Crippen LogP contribution in [0.3, 0.4) is 0 Å².